The van der Waals surface area contributed by atoms with Gasteiger partial charge in [0.1, 0.15) is 23.3 Å². The molecule has 22 heavy (non-hydrogen) atoms. The van der Waals surface area contributed by atoms with Crippen LogP contribution < -0.4 is 5.73 Å². The number of anilines is 1. The Bertz CT molecular complexity index is 740. The first kappa shape index (κ1) is 14.1. The second-order valence-corrected chi connectivity index (χ2v) is 5.80. The summed E-state index contributed by atoms with van der Waals surface area (Å²) in [5, 5.41) is 20.1. The van der Waals surface area contributed by atoms with E-state index in [2.05, 4.69) is 15.0 Å². The number of aliphatic hydroxyl groups is 2. The highest BCUT2D eigenvalue weighted by Crippen LogP contribution is 2.45. The molecule has 0 aliphatic carbocycles. The van der Waals surface area contributed by atoms with Gasteiger partial charge in [-0.3, -0.25) is 4.57 Å². The molecule has 10 heteroatoms. The molecule has 3 unspecified atom stereocenters. The molecule has 2 aliphatic heterocycles. The lowest BCUT2D eigenvalue weighted by atomic mass is 9.95. The molecule has 2 fully saturated rings. The molecule has 0 spiro atoms. The minimum absolute atomic E-state index is 0.0208. The lowest BCUT2D eigenvalue weighted by Crippen LogP contribution is -2.42. The van der Waals surface area contributed by atoms with Gasteiger partial charge in [-0.1, -0.05) is 0 Å². The van der Waals surface area contributed by atoms with Crippen molar-refractivity contribution in [2.45, 2.75) is 30.5 Å². The third-order valence-corrected chi connectivity index (χ3v) is 4.43. The minimum atomic E-state index is -0.970. The van der Waals surface area contributed by atoms with Crippen molar-refractivity contribution in [2.75, 3.05) is 18.9 Å². The predicted octanol–water partition coefficient (Wildman–Crippen LogP) is -0.528. The second kappa shape index (κ2) is 4.74. The van der Waals surface area contributed by atoms with Crippen molar-refractivity contribution in [2.24, 2.45) is 0 Å². The van der Waals surface area contributed by atoms with Crippen LogP contribution in [0.2, 0.25) is 5.28 Å². The molecule has 9 nitrogen and oxygen atoms in total. The number of fused-ring (bicyclic) bond motifs is 2. The average Bonchev–Trinajstić information content (AvgIpc) is 3.13. The number of halogens is 1. The summed E-state index contributed by atoms with van der Waals surface area (Å²) in [6.07, 6.45) is -0.414. The van der Waals surface area contributed by atoms with Crippen LogP contribution in [0.15, 0.2) is 6.33 Å². The smallest absolute Gasteiger partial charge is 0.226 e. The number of nitrogens with zero attached hydrogens (tertiary/aromatic N) is 4. The van der Waals surface area contributed by atoms with Crippen LogP contribution in [-0.4, -0.2) is 60.8 Å². The number of ether oxygens (including phenoxy) is 2. The maximum absolute atomic E-state index is 10.5. The van der Waals surface area contributed by atoms with E-state index in [1.807, 2.05) is 0 Å². The van der Waals surface area contributed by atoms with Gasteiger partial charge in [0.2, 0.25) is 5.28 Å². The van der Waals surface area contributed by atoms with Crippen LogP contribution in [0.25, 0.3) is 11.2 Å². The van der Waals surface area contributed by atoms with Crippen LogP contribution in [0.3, 0.4) is 0 Å². The number of rotatable bonds is 2. The van der Waals surface area contributed by atoms with E-state index in [-0.39, 0.29) is 17.7 Å². The van der Waals surface area contributed by atoms with Crippen LogP contribution in [0.5, 0.6) is 0 Å². The van der Waals surface area contributed by atoms with Crippen LogP contribution in [0.1, 0.15) is 12.6 Å². The maximum atomic E-state index is 10.5. The Labute approximate surface area is 129 Å². The summed E-state index contributed by atoms with van der Waals surface area (Å²) < 4.78 is 13.0. The van der Waals surface area contributed by atoms with E-state index in [9.17, 15) is 10.2 Å². The van der Waals surface area contributed by atoms with Crippen molar-refractivity contribution in [3.8, 4) is 0 Å². The normalized spacial score (nSPS) is 34.4. The summed E-state index contributed by atoms with van der Waals surface area (Å²) in [6.45, 7) is 0.191. The largest absolute Gasteiger partial charge is 0.393 e. The van der Waals surface area contributed by atoms with Gasteiger partial charge < -0.3 is 25.4 Å². The third kappa shape index (κ3) is 1.77. The molecule has 0 radical (unpaired) electrons. The quantitative estimate of drug-likeness (QED) is 0.628. The summed E-state index contributed by atoms with van der Waals surface area (Å²) >= 11 is 5.84. The summed E-state index contributed by atoms with van der Waals surface area (Å²) in [4.78, 5) is 12.1. The Hall–Kier alpha value is -1.52. The molecule has 2 aromatic heterocycles. The highest BCUT2D eigenvalue weighted by atomic mass is 35.5. The van der Waals surface area contributed by atoms with Gasteiger partial charge in [0.05, 0.1) is 19.5 Å². The van der Waals surface area contributed by atoms with E-state index < -0.39 is 24.0 Å². The van der Waals surface area contributed by atoms with Crippen LogP contribution in [-0.2, 0) is 9.47 Å². The topological polar surface area (TPSA) is 129 Å². The highest BCUT2D eigenvalue weighted by molar-refractivity contribution is 6.28. The van der Waals surface area contributed by atoms with E-state index in [4.69, 9.17) is 26.8 Å². The van der Waals surface area contributed by atoms with Gasteiger partial charge in [0.15, 0.2) is 17.7 Å². The fraction of sp³-hybridized carbons (Fsp3) is 0.583. The standard InChI is InChI=1S/C12H14ClN5O4/c13-11-16-8(14)5-9(17-11)18(4-15-5)10-6(20)7-12(3-19,22-10)1-2-21-7/h4,6-7,10,19-20H,1-3H2,(H2,14,16,17)/t6?,7?,10-,12?/m1/s1. The zero-order valence-electron chi connectivity index (χ0n) is 11.4. The van der Waals surface area contributed by atoms with Gasteiger partial charge in [0.25, 0.3) is 0 Å². The predicted molar refractivity (Wildman–Crippen MR) is 75.0 cm³/mol. The Morgan fingerprint density at radius 2 is 2.32 bits per heavy atom. The lowest BCUT2D eigenvalue weighted by Gasteiger charge is -2.24. The van der Waals surface area contributed by atoms with Crippen molar-refractivity contribution in [3.63, 3.8) is 0 Å². The molecule has 0 aromatic carbocycles. The third-order valence-electron chi connectivity index (χ3n) is 4.26. The lowest BCUT2D eigenvalue weighted by molar-refractivity contribution is -0.108. The Kier molecular flexibility index (Phi) is 3.03. The maximum Gasteiger partial charge on any atom is 0.226 e. The van der Waals surface area contributed by atoms with Crippen LogP contribution in [0.4, 0.5) is 5.82 Å². The molecule has 0 bridgehead atoms. The molecular formula is C12H14ClN5O4. The van der Waals surface area contributed by atoms with Gasteiger partial charge in [-0.15, -0.1) is 0 Å². The van der Waals surface area contributed by atoms with E-state index in [0.29, 0.717) is 24.2 Å². The molecule has 4 atom stereocenters. The molecule has 2 aromatic rings. The fourth-order valence-corrected chi connectivity index (χ4v) is 3.34. The molecule has 4 rings (SSSR count). The SMILES string of the molecule is Nc1nc(Cl)nc2c1ncn2[C@@H]1OC2(CO)CCOC2C1O. The molecular weight excluding hydrogens is 314 g/mol. The van der Waals surface area contributed by atoms with Gasteiger partial charge in [-0.2, -0.15) is 9.97 Å². The van der Waals surface area contributed by atoms with Crippen molar-refractivity contribution < 1.29 is 19.7 Å². The Morgan fingerprint density at radius 1 is 1.50 bits per heavy atom. The number of hydrogen-bond acceptors (Lipinski definition) is 8. The number of nitrogens with two attached hydrogens (primary N) is 1. The number of aromatic nitrogens is 4. The van der Waals surface area contributed by atoms with Gasteiger partial charge >= 0.3 is 0 Å². The first-order valence-corrected chi connectivity index (χ1v) is 7.17. The minimum Gasteiger partial charge on any atom is -0.393 e. The first-order chi connectivity index (χ1) is 10.6. The van der Waals surface area contributed by atoms with E-state index >= 15 is 0 Å². The number of imidazole rings is 1. The average molecular weight is 328 g/mol. The van der Waals surface area contributed by atoms with Crippen molar-refractivity contribution in [1.82, 2.24) is 19.5 Å². The molecule has 2 aliphatic rings. The van der Waals surface area contributed by atoms with Crippen LogP contribution in [0, 0.1) is 0 Å². The number of nitrogen functional groups attached to an aromatic ring is 1. The van der Waals surface area contributed by atoms with Crippen molar-refractivity contribution >= 4 is 28.6 Å². The summed E-state index contributed by atoms with van der Waals surface area (Å²) in [7, 11) is 0. The van der Waals surface area contributed by atoms with E-state index in [1.165, 1.54) is 10.9 Å². The molecule has 4 heterocycles. The second-order valence-electron chi connectivity index (χ2n) is 5.47. The van der Waals surface area contributed by atoms with Crippen molar-refractivity contribution in [1.29, 1.82) is 0 Å². The zero-order chi connectivity index (χ0) is 15.5. The van der Waals surface area contributed by atoms with Crippen molar-refractivity contribution in [3.05, 3.63) is 11.6 Å². The summed E-state index contributed by atoms with van der Waals surface area (Å²) in [5.41, 5.74) is 5.58. The van der Waals surface area contributed by atoms with E-state index in [0.717, 1.165) is 0 Å². The first-order valence-electron chi connectivity index (χ1n) is 6.79. The molecule has 4 N–H and O–H groups in total. The fourth-order valence-electron chi connectivity index (χ4n) is 3.17. The highest BCUT2D eigenvalue weighted by Gasteiger charge is 2.59. The number of hydrogen-bond donors (Lipinski definition) is 3. The monoisotopic (exact) mass is 327 g/mol. The summed E-state index contributed by atoms with van der Waals surface area (Å²) in [5.74, 6) is 0.148. The van der Waals surface area contributed by atoms with Gasteiger partial charge in [0, 0.05) is 6.42 Å². The molecule has 118 valence electrons. The van der Waals surface area contributed by atoms with Gasteiger partial charge in [-0.25, -0.2) is 4.98 Å². The number of aliphatic hydroxyl groups excluding tert-OH is 2. The van der Waals surface area contributed by atoms with Gasteiger partial charge in [-0.05, 0) is 11.6 Å². The Balaban J connectivity index is 1.80. The Morgan fingerprint density at radius 3 is 3.05 bits per heavy atom. The van der Waals surface area contributed by atoms with Crippen LogP contribution >= 0.6 is 11.6 Å². The zero-order valence-corrected chi connectivity index (χ0v) is 12.1. The molecule has 0 saturated carbocycles. The molecule has 0 amide bonds. The van der Waals surface area contributed by atoms with E-state index in [1.54, 1.807) is 0 Å². The summed E-state index contributed by atoms with van der Waals surface area (Å²) in [6, 6.07) is 0. The molecule has 2 saturated heterocycles.